The van der Waals surface area contributed by atoms with E-state index in [1.165, 1.54) is 0 Å². The van der Waals surface area contributed by atoms with E-state index in [-0.39, 0.29) is 12.5 Å². The minimum absolute atomic E-state index is 0.107. The second kappa shape index (κ2) is 8.04. The highest BCUT2D eigenvalue weighted by Gasteiger charge is 2.13. The molecule has 5 nitrogen and oxygen atoms in total. The zero-order chi connectivity index (χ0) is 17.6. The molecular weight excluding hydrogens is 304 g/mol. The van der Waals surface area contributed by atoms with Crippen LogP contribution in [0.15, 0.2) is 48.7 Å². The smallest absolute Gasteiger partial charge is 0.251 e. The molecule has 0 saturated carbocycles. The van der Waals surface area contributed by atoms with Crippen LogP contribution in [0.2, 0.25) is 0 Å². The Morgan fingerprint density at radius 3 is 2.50 bits per heavy atom. The summed E-state index contributed by atoms with van der Waals surface area (Å²) < 4.78 is 0. The van der Waals surface area contributed by atoms with Crippen molar-refractivity contribution in [2.75, 3.05) is 6.54 Å². The number of benzene rings is 1. The van der Waals surface area contributed by atoms with Crippen molar-refractivity contribution >= 4 is 5.91 Å². The van der Waals surface area contributed by atoms with Crippen LogP contribution in [0.5, 0.6) is 0 Å². The molecule has 5 heteroatoms. The number of carbonyl (C=O) groups excluding carboxylic acids is 1. The number of nitrogens with one attached hydrogen (secondary N) is 1. The molecular formula is C19H24N2O3. The normalized spacial score (nSPS) is 12.7. The Labute approximate surface area is 142 Å². The van der Waals surface area contributed by atoms with Crippen LogP contribution in [-0.4, -0.2) is 33.3 Å². The predicted molar refractivity (Wildman–Crippen MR) is 92.6 cm³/mol. The van der Waals surface area contributed by atoms with E-state index in [9.17, 15) is 15.0 Å². The molecule has 0 aliphatic carbocycles. The van der Waals surface area contributed by atoms with Crippen LogP contribution < -0.4 is 5.32 Å². The Morgan fingerprint density at radius 1 is 1.21 bits per heavy atom. The molecule has 0 radical (unpaired) electrons. The average Bonchev–Trinajstić information content (AvgIpc) is 2.58. The molecule has 1 heterocycles. The molecule has 2 rings (SSSR count). The molecule has 2 aromatic rings. The van der Waals surface area contributed by atoms with Crippen molar-refractivity contribution in [1.29, 1.82) is 0 Å². The Balaban J connectivity index is 1.86. The highest BCUT2D eigenvalue weighted by molar-refractivity contribution is 5.94. The molecule has 0 fully saturated rings. The monoisotopic (exact) mass is 328 g/mol. The van der Waals surface area contributed by atoms with Gasteiger partial charge in [-0.2, -0.15) is 0 Å². The molecule has 0 aliphatic heterocycles. The van der Waals surface area contributed by atoms with Crippen molar-refractivity contribution in [1.82, 2.24) is 10.3 Å². The van der Waals surface area contributed by atoms with Crippen LogP contribution in [0.3, 0.4) is 0 Å². The van der Waals surface area contributed by atoms with Crippen molar-refractivity contribution in [3.05, 3.63) is 65.5 Å². The van der Waals surface area contributed by atoms with E-state index < -0.39 is 11.7 Å². The van der Waals surface area contributed by atoms with Gasteiger partial charge in [0.15, 0.2) is 0 Å². The van der Waals surface area contributed by atoms with E-state index >= 15 is 0 Å². The van der Waals surface area contributed by atoms with Gasteiger partial charge in [-0.25, -0.2) is 0 Å². The van der Waals surface area contributed by atoms with E-state index in [4.69, 9.17) is 0 Å². The van der Waals surface area contributed by atoms with Crippen molar-refractivity contribution in [2.24, 2.45) is 0 Å². The fourth-order valence-electron chi connectivity index (χ4n) is 2.24. The Bertz CT molecular complexity index is 649. The summed E-state index contributed by atoms with van der Waals surface area (Å²) in [7, 11) is 0. The minimum Gasteiger partial charge on any atom is -0.390 e. The zero-order valence-corrected chi connectivity index (χ0v) is 14.1. The van der Waals surface area contributed by atoms with Gasteiger partial charge in [-0.05, 0) is 56.5 Å². The van der Waals surface area contributed by atoms with Gasteiger partial charge in [-0.1, -0.05) is 18.2 Å². The number of aliphatic hydroxyl groups excluding tert-OH is 1. The zero-order valence-electron chi connectivity index (χ0n) is 14.1. The van der Waals surface area contributed by atoms with Crippen molar-refractivity contribution in [3.8, 4) is 0 Å². The molecule has 0 saturated heterocycles. The van der Waals surface area contributed by atoms with Gasteiger partial charge in [-0.15, -0.1) is 0 Å². The first-order valence-electron chi connectivity index (χ1n) is 8.04. The number of aromatic nitrogens is 1. The van der Waals surface area contributed by atoms with E-state index in [0.717, 1.165) is 12.0 Å². The average molecular weight is 328 g/mol. The van der Waals surface area contributed by atoms with Gasteiger partial charge in [-0.3, -0.25) is 9.78 Å². The maximum atomic E-state index is 12.1. The summed E-state index contributed by atoms with van der Waals surface area (Å²) in [5.41, 5.74) is 1.44. The van der Waals surface area contributed by atoms with Gasteiger partial charge in [0.2, 0.25) is 0 Å². The number of rotatable bonds is 7. The quantitative estimate of drug-likeness (QED) is 0.728. The summed E-state index contributed by atoms with van der Waals surface area (Å²) in [6.45, 7) is 3.67. The van der Waals surface area contributed by atoms with E-state index in [0.29, 0.717) is 17.7 Å². The van der Waals surface area contributed by atoms with Gasteiger partial charge < -0.3 is 15.5 Å². The molecule has 1 atom stereocenters. The fourth-order valence-corrected chi connectivity index (χ4v) is 2.24. The van der Waals surface area contributed by atoms with Crippen molar-refractivity contribution < 1.29 is 15.0 Å². The van der Waals surface area contributed by atoms with Gasteiger partial charge in [0.05, 0.1) is 11.3 Å². The molecule has 24 heavy (non-hydrogen) atoms. The van der Waals surface area contributed by atoms with Crippen LogP contribution in [0.25, 0.3) is 0 Å². The van der Waals surface area contributed by atoms with Crippen LogP contribution in [0, 0.1) is 0 Å². The van der Waals surface area contributed by atoms with E-state index in [2.05, 4.69) is 10.3 Å². The molecule has 3 N–H and O–H groups in total. The highest BCUT2D eigenvalue weighted by atomic mass is 16.3. The minimum atomic E-state index is -0.832. The molecule has 1 aromatic heterocycles. The third-order valence-corrected chi connectivity index (χ3v) is 3.73. The second-order valence-corrected chi connectivity index (χ2v) is 6.49. The number of amides is 1. The topological polar surface area (TPSA) is 82.5 Å². The van der Waals surface area contributed by atoms with Crippen LogP contribution in [-0.2, 0) is 6.42 Å². The summed E-state index contributed by atoms with van der Waals surface area (Å²) >= 11 is 0. The summed E-state index contributed by atoms with van der Waals surface area (Å²) in [4.78, 5) is 16.2. The predicted octanol–water partition coefficient (Wildman–Crippen LogP) is 2.25. The van der Waals surface area contributed by atoms with Crippen molar-refractivity contribution in [2.45, 2.75) is 38.4 Å². The van der Waals surface area contributed by atoms with Gasteiger partial charge in [0.25, 0.3) is 5.91 Å². The lowest BCUT2D eigenvalue weighted by Gasteiger charge is -2.16. The largest absolute Gasteiger partial charge is 0.390 e. The Hall–Kier alpha value is -2.24. The molecule has 128 valence electrons. The van der Waals surface area contributed by atoms with Crippen LogP contribution in [0.1, 0.15) is 48.0 Å². The maximum Gasteiger partial charge on any atom is 0.251 e. The molecule has 0 spiro atoms. The van der Waals surface area contributed by atoms with Gasteiger partial charge in [0.1, 0.15) is 6.10 Å². The third kappa shape index (κ3) is 5.76. The number of pyridine rings is 1. The molecule has 0 bridgehead atoms. The lowest BCUT2D eigenvalue weighted by atomic mass is 9.98. The molecule has 0 unspecified atom stereocenters. The first-order chi connectivity index (χ1) is 11.3. The van der Waals surface area contributed by atoms with E-state index in [1.54, 1.807) is 50.4 Å². The molecule has 1 aromatic carbocycles. The van der Waals surface area contributed by atoms with Crippen LogP contribution >= 0.6 is 0 Å². The highest BCUT2D eigenvalue weighted by Crippen LogP contribution is 2.14. The lowest BCUT2D eigenvalue weighted by Crippen LogP contribution is -2.28. The molecule has 0 aliphatic rings. The van der Waals surface area contributed by atoms with Gasteiger partial charge in [0, 0.05) is 18.3 Å². The first kappa shape index (κ1) is 18.1. The number of hydrogen-bond donors (Lipinski definition) is 3. The molecule has 1 amide bonds. The van der Waals surface area contributed by atoms with E-state index in [1.807, 2.05) is 12.1 Å². The Kier molecular flexibility index (Phi) is 6.06. The summed E-state index contributed by atoms with van der Waals surface area (Å²) in [6, 6.07) is 12.6. The SMILES string of the molecule is CC(C)(O)CCc1ccc(C(=O)NC[C@H](O)c2ccccn2)cc1. The number of aliphatic hydroxyl groups is 2. The Morgan fingerprint density at radius 2 is 1.92 bits per heavy atom. The number of hydrogen-bond acceptors (Lipinski definition) is 4. The number of carbonyl (C=O) groups is 1. The van der Waals surface area contributed by atoms with Crippen molar-refractivity contribution in [3.63, 3.8) is 0 Å². The first-order valence-corrected chi connectivity index (χ1v) is 8.04. The summed E-state index contributed by atoms with van der Waals surface area (Å²) in [6.07, 6.45) is 2.19. The lowest BCUT2D eigenvalue weighted by molar-refractivity contribution is 0.0713. The summed E-state index contributed by atoms with van der Waals surface area (Å²) in [5.74, 6) is -0.237. The summed E-state index contributed by atoms with van der Waals surface area (Å²) in [5, 5.41) is 22.5. The standard InChI is InChI=1S/C19H24N2O3/c1-19(2,24)11-10-14-6-8-15(9-7-14)18(23)21-13-17(22)16-5-3-4-12-20-16/h3-9,12,17,22,24H,10-11,13H2,1-2H3,(H,21,23)/t17-/m0/s1. The third-order valence-electron chi connectivity index (χ3n) is 3.73. The fraction of sp³-hybridized carbons (Fsp3) is 0.368. The van der Waals surface area contributed by atoms with Gasteiger partial charge >= 0.3 is 0 Å². The number of aryl methyl sites for hydroxylation is 1. The number of nitrogens with zero attached hydrogens (tertiary/aromatic N) is 1. The van der Waals surface area contributed by atoms with Crippen LogP contribution in [0.4, 0.5) is 0 Å². The second-order valence-electron chi connectivity index (χ2n) is 6.49. The maximum absolute atomic E-state index is 12.1.